The van der Waals surface area contributed by atoms with Gasteiger partial charge in [0.2, 0.25) is 17.7 Å². The zero-order valence-corrected chi connectivity index (χ0v) is 13.6. The van der Waals surface area contributed by atoms with Crippen LogP contribution >= 0.6 is 0 Å². The highest BCUT2D eigenvalue weighted by molar-refractivity contribution is 6.05. The van der Waals surface area contributed by atoms with Crippen molar-refractivity contribution in [1.29, 1.82) is 0 Å². The van der Waals surface area contributed by atoms with E-state index in [1.54, 1.807) is 0 Å². The fraction of sp³-hybridized carbons (Fsp3) is 0.812. The fourth-order valence-electron chi connectivity index (χ4n) is 3.38. The van der Waals surface area contributed by atoms with Crippen molar-refractivity contribution >= 4 is 17.7 Å². The number of hydrogen-bond donors (Lipinski definition) is 1. The lowest BCUT2D eigenvalue weighted by molar-refractivity contribution is -0.140. The molecule has 0 spiro atoms. The Morgan fingerprint density at radius 1 is 1.18 bits per heavy atom. The van der Waals surface area contributed by atoms with E-state index < -0.39 is 0 Å². The summed E-state index contributed by atoms with van der Waals surface area (Å²) >= 11 is 0. The maximum Gasteiger partial charge on any atom is 0.233 e. The van der Waals surface area contributed by atoms with Gasteiger partial charge in [0.15, 0.2) is 0 Å². The Hall–Kier alpha value is -1.43. The summed E-state index contributed by atoms with van der Waals surface area (Å²) in [5.74, 6) is -0.451. The SMILES string of the molecule is CN(C)CCCNC(=O)CCN1C(=O)C2CCCCC2C1=O. The molecule has 1 N–H and O–H groups in total. The van der Waals surface area contributed by atoms with E-state index in [0.29, 0.717) is 6.54 Å². The van der Waals surface area contributed by atoms with Crippen LogP contribution in [0.1, 0.15) is 38.5 Å². The van der Waals surface area contributed by atoms with Crippen LogP contribution in [-0.4, -0.2) is 61.3 Å². The number of nitrogens with zero attached hydrogens (tertiary/aromatic N) is 2. The van der Waals surface area contributed by atoms with Crippen LogP contribution in [-0.2, 0) is 14.4 Å². The minimum absolute atomic E-state index is 0.0601. The number of amides is 3. The first-order valence-corrected chi connectivity index (χ1v) is 8.27. The van der Waals surface area contributed by atoms with Crippen molar-refractivity contribution in [3.05, 3.63) is 0 Å². The lowest BCUT2D eigenvalue weighted by atomic mass is 9.81. The number of hydrogen-bond acceptors (Lipinski definition) is 4. The molecule has 22 heavy (non-hydrogen) atoms. The van der Waals surface area contributed by atoms with Crippen LogP contribution in [0.15, 0.2) is 0 Å². The molecule has 2 atom stereocenters. The van der Waals surface area contributed by atoms with Gasteiger partial charge in [0.25, 0.3) is 0 Å². The minimum atomic E-state index is -0.121. The molecular formula is C16H27N3O3. The number of rotatable bonds is 7. The lowest BCUT2D eigenvalue weighted by Gasteiger charge is -2.19. The van der Waals surface area contributed by atoms with Gasteiger partial charge in [0, 0.05) is 19.5 Å². The summed E-state index contributed by atoms with van der Waals surface area (Å²) in [6, 6.07) is 0. The summed E-state index contributed by atoms with van der Waals surface area (Å²) in [5.41, 5.74) is 0. The molecule has 2 aliphatic rings. The molecule has 2 unspecified atom stereocenters. The van der Waals surface area contributed by atoms with Crippen molar-refractivity contribution < 1.29 is 14.4 Å². The normalized spacial score (nSPS) is 24.8. The van der Waals surface area contributed by atoms with Gasteiger partial charge in [-0.3, -0.25) is 19.3 Å². The number of carbonyl (C=O) groups is 3. The van der Waals surface area contributed by atoms with Gasteiger partial charge in [-0.25, -0.2) is 0 Å². The van der Waals surface area contributed by atoms with Crippen molar-refractivity contribution in [2.75, 3.05) is 33.7 Å². The Bertz CT molecular complexity index is 412. The highest BCUT2D eigenvalue weighted by Crippen LogP contribution is 2.37. The van der Waals surface area contributed by atoms with Gasteiger partial charge in [-0.1, -0.05) is 12.8 Å². The smallest absolute Gasteiger partial charge is 0.233 e. The van der Waals surface area contributed by atoms with Gasteiger partial charge in [0.1, 0.15) is 0 Å². The molecule has 1 saturated heterocycles. The van der Waals surface area contributed by atoms with Gasteiger partial charge in [-0.15, -0.1) is 0 Å². The maximum atomic E-state index is 12.3. The molecular weight excluding hydrogens is 282 g/mol. The largest absolute Gasteiger partial charge is 0.356 e. The first-order chi connectivity index (χ1) is 10.5. The second-order valence-electron chi connectivity index (χ2n) is 6.58. The Balaban J connectivity index is 1.73. The first kappa shape index (κ1) is 16.9. The van der Waals surface area contributed by atoms with Crippen molar-refractivity contribution in [2.45, 2.75) is 38.5 Å². The van der Waals surface area contributed by atoms with Crippen LogP contribution in [0, 0.1) is 11.8 Å². The van der Waals surface area contributed by atoms with E-state index in [4.69, 9.17) is 0 Å². The van der Waals surface area contributed by atoms with Gasteiger partial charge >= 0.3 is 0 Å². The Kier molecular flexibility index (Phi) is 5.94. The van der Waals surface area contributed by atoms with Crippen LogP contribution in [0.2, 0.25) is 0 Å². The monoisotopic (exact) mass is 309 g/mol. The molecule has 3 amide bonds. The Morgan fingerprint density at radius 2 is 1.77 bits per heavy atom. The van der Waals surface area contributed by atoms with Crippen LogP contribution in [0.3, 0.4) is 0 Å². The van der Waals surface area contributed by atoms with Gasteiger partial charge in [-0.2, -0.15) is 0 Å². The average Bonchev–Trinajstić information content (AvgIpc) is 2.74. The van der Waals surface area contributed by atoms with Gasteiger partial charge in [-0.05, 0) is 39.9 Å². The summed E-state index contributed by atoms with van der Waals surface area (Å²) in [7, 11) is 3.98. The number of fused-ring (bicyclic) bond motifs is 1. The molecule has 0 bridgehead atoms. The van der Waals surface area contributed by atoms with Gasteiger partial charge < -0.3 is 10.2 Å². The van der Waals surface area contributed by atoms with Crippen molar-refractivity contribution in [3.8, 4) is 0 Å². The van der Waals surface area contributed by atoms with E-state index >= 15 is 0 Å². The van der Waals surface area contributed by atoms with Crippen LogP contribution in [0.25, 0.3) is 0 Å². The average molecular weight is 309 g/mol. The molecule has 1 aliphatic carbocycles. The highest BCUT2D eigenvalue weighted by atomic mass is 16.2. The van der Waals surface area contributed by atoms with E-state index in [1.165, 1.54) is 4.90 Å². The summed E-state index contributed by atoms with van der Waals surface area (Å²) < 4.78 is 0. The number of nitrogens with one attached hydrogen (secondary N) is 1. The van der Waals surface area contributed by atoms with Crippen LogP contribution in [0.4, 0.5) is 0 Å². The van der Waals surface area contributed by atoms with Crippen LogP contribution in [0.5, 0.6) is 0 Å². The van der Waals surface area contributed by atoms with Crippen molar-refractivity contribution in [1.82, 2.24) is 15.1 Å². The van der Waals surface area contributed by atoms with E-state index in [9.17, 15) is 14.4 Å². The van der Waals surface area contributed by atoms with Crippen molar-refractivity contribution in [2.24, 2.45) is 11.8 Å². The third kappa shape index (κ3) is 4.06. The summed E-state index contributed by atoms with van der Waals surface area (Å²) in [6.07, 6.45) is 4.80. The topological polar surface area (TPSA) is 69.7 Å². The summed E-state index contributed by atoms with van der Waals surface area (Å²) in [6.45, 7) is 1.78. The summed E-state index contributed by atoms with van der Waals surface area (Å²) in [5, 5.41) is 2.84. The Morgan fingerprint density at radius 3 is 2.32 bits per heavy atom. The maximum absolute atomic E-state index is 12.3. The predicted molar refractivity (Wildman–Crippen MR) is 83.0 cm³/mol. The third-order valence-corrected chi connectivity index (χ3v) is 4.60. The van der Waals surface area contributed by atoms with E-state index in [-0.39, 0.29) is 42.5 Å². The lowest BCUT2D eigenvalue weighted by Crippen LogP contribution is -2.36. The number of imide groups is 1. The first-order valence-electron chi connectivity index (χ1n) is 8.27. The second-order valence-corrected chi connectivity index (χ2v) is 6.58. The molecule has 0 aromatic carbocycles. The second kappa shape index (κ2) is 7.72. The molecule has 1 aliphatic heterocycles. The Labute approximate surface area is 132 Å². The number of likely N-dealkylation sites (tertiary alicyclic amines) is 1. The fourth-order valence-corrected chi connectivity index (χ4v) is 3.38. The molecule has 0 aromatic rings. The van der Waals surface area contributed by atoms with Crippen molar-refractivity contribution in [3.63, 3.8) is 0 Å². The van der Waals surface area contributed by atoms with E-state index in [1.807, 2.05) is 14.1 Å². The van der Waals surface area contributed by atoms with Gasteiger partial charge in [0.05, 0.1) is 11.8 Å². The summed E-state index contributed by atoms with van der Waals surface area (Å²) in [4.78, 5) is 39.7. The van der Waals surface area contributed by atoms with E-state index in [0.717, 1.165) is 38.6 Å². The molecule has 1 heterocycles. The third-order valence-electron chi connectivity index (χ3n) is 4.60. The van der Waals surface area contributed by atoms with E-state index in [2.05, 4.69) is 10.2 Å². The van der Waals surface area contributed by atoms with Crippen LogP contribution < -0.4 is 5.32 Å². The zero-order chi connectivity index (χ0) is 16.1. The molecule has 2 rings (SSSR count). The highest BCUT2D eigenvalue weighted by Gasteiger charge is 2.47. The predicted octanol–water partition coefficient (Wildman–Crippen LogP) is 0.620. The quantitative estimate of drug-likeness (QED) is 0.553. The minimum Gasteiger partial charge on any atom is -0.356 e. The molecule has 1 saturated carbocycles. The molecule has 0 aromatic heterocycles. The standard InChI is InChI=1S/C16H27N3O3/c1-18(2)10-5-9-17-14(20)8-11-19-15(21)12-6-3-4-7-13(12)16(19)22/h12-13H,3-11H2,1-2H3,(H,17,20). The number of carbonyl (C=O) groups excluding carboxylic acids is 3. The molecule has 0 radical (unpaired) electrons. The molecule has 6 nitrogen and oxygen atoms in total. The molecule has 2 fully saturated rings. The zero-order valence-electron chi connectivity index (χ0n) is 13.6. The molecule has 6 heteroatoms. The molecule has 124 valence electrons.